The van der Waals surface area contributed by atoms with Gasteiger partial charge in [0.2, 0.25) is 0 Å². The molecule has 1 aliphatic rings. The number of halogens is 1. The maximum atomic E-state index is 12.7. The first-order chi connectivity index (χ1) is 7.31. The number of hydrogen-bond acceptors (Lipinski definition) is 3. The Morgan fingerprint density at radius 3 is 2.80 bits per heavy atom. The molecule has 3 nitrogen and oxygen atoms in total. The minimum atomic E-state index is -0.243. The third kappa shape index (κ3) is 2.27. The normalized spacial score (nSPS) is 21.7. The minimum absolute atomic E-state index is 0.0239. The maximum Gasteiger partial charge on any atom is 0.123 e. The number of morpholine rings is 1. The van der Waals surface area contributed by atoms with Gasteiger partial charge in [0.05, 0.1) is 25.9 Å². The number of rotatable bonds is 2. The van der Waals surface area contributed by atoms with Crippen LogP contribution in [0.3, 0.4) is 0 Å². The fraction of sp³-hybridized carbons (Fsp3) is 0.455. The third-order valence-electron chi connectivity index (χ3n) is 2.60. The van der Waals surface area contributed by atoms with Crippen LogP contribution in [0, 0.1) is 5.82 Å². The molecule has 1 saturated heterocycles. The highest BCUT2D eigenvalue weighted by molar-refractivity contribution is 5.47. The first-order valence-electron chi connectivity index (χ1n) is 5.02. The van der Waals surface area contributed by atoms with E-state index in [4.69, 9.17) is 4.74 Å². The van der Waals surface area contributed by atoms with Crippen molar-refractivity contribution in [3.63, 3.8) is 0 Å². The van der Waals surface area contributed by atoms with E-state index in [0.717, 1.165) is 12.2 Å². The molecule has 1 atom stereocenters. The average Bonchev–Trinajstić information content (AvgIpc) is 2.30. The monoisotopic (exact) mass is 211 g/mol. The van der Waals surface area contributed by atoms with E-state index in [1.54, 1.807) is 12.1 Å². The lowest BCUT2D eigenvalue weighted by Crippen LogP contribution is -2.47. The van der Waals surface area contributed by atoms with Crippen molar-refractivity contribution in [1.82, 2.24) is 0 Å². The van der Waals surface area contributed by atoms with Crippen LogP contribution in [-0.4, -0.2) is 37.5 Å². The summed E-state index contributed by atoms with van der Waals surface area (Å²) < 4.78 is 18.0. The SMILES string of the molecule is OCC1COCCN1c1ccc(F)cc1. The molecule has 15 heavy (non-hydrogen) atoms. The fourth-order valence-electron chi connectivity index (χ4n) is 1.78. The van der Waals surface area contributed by atoms with Crippen molar-refractivity contribution in [2.24, 2.45) is 0 Å². The molecule has 2 rings (SSSR count). The third-order valence-corrected chi connectivity index (χ3v) is 2.60. The number of benzene rings is 1. The van der Waals surface area contributed by atoms with E-state index in [-0.39, 0.29) is 18.5 Å². The number of nitrogens with zero attached hydrogens (tertiary/aromatic N) is 1. The molecular formula is C11H14FNO2. The van der Waals surface area contributed by atoms with Gasteiger partial charge in [-0.05, 0) is 24.3 Å². The highest BCUT2D eigenvalue weighted by Gasteiger charge is 2.22. The van der Waals surface area contributed by atoms with E-state index < -0.39 is 0 Å². The molecule has 1 aliphatic heterocycles. The van der Waals surface area contributed by atoms with Gasteiger partial charge in [-0.15, -0.1) is 0 Å². The quantitative estimate of drug-likeness (QED) is 0.792. The van der Waals surface area contributed by atoms with E-state index in [1.807, 2.05) is 4.90 Å². The lowest BCUT2D eigenvalue weighted by molar-refractivity contribution is 0.0727. The highest BCUT2D eigenvalue weighted by atomic mass is 19.1. The second-order valence-electron chi connectivity index (χ2n) is 3.58. The number of aliphatic hydroxyl groups is 1. The first-order valence-corrected chi connectivity index (χ1v) is 5.02. The van der Waals surface area contributed by atoms with Crippen LogP contribution in [0.5, 0.6) is 0 Å². The predicted molar refractivity (Wildman–Crippen MR) is 55.4 cm³/mol. The van der Waals surface area contributed by atoms with Crippen molar-refractivity contribution in [2.45, 2.75) is 6.04 Å². The van der Waals surface area contributed by atoms with E-state index in [9.17, 15) is 9.50 Å². The van der Waals surface area contributed by atoms with Gasteiger partial charge in [0.15, 0.2) is 0 Å². The molecule has 0 spiro atoms. The van der Waals surface area contributed by atoms with Gasteiger partial charge in [-0.3, -0.25) is 0 Å². The van der Waals surface area contributed by atoms with Crippen molar-refractivity contribution in [1.29, 1.82) is 0 Å². The number of anilines is 1. The summed E-state index contributed by atoms with van der Waals surface area (Å²) in [6, 6.07) is 6.29. The van der Waals surface area contributed by atoms with Crippen molar-refractivity contribution in [2.75, 3.05) is 31.3 Å². The molecule has 0 aromatic heterocycles. The molecule has 1 unspecified atom stereocenters. The van der Waals surface area contributed by atoms with Crippen molar-refractivity contribution in [3.8, 4) is 0 Å². The molecule has 82 valence electrons. The summed E-state index contributed by atoms with van der Waals surface area (Å²) in [5.74, 6) is -0.243. The van der Waals surface area contributed by atoms with E-state index >= 15 is 0 Å². The molecule has 4 heteroatoms. The standard InChI is InChI=1S/C11H14FNO2/c12-9-1-3-10(4-2-9)13-5-6-15-8-11(13)7-14/h1-4,11,14H,5-8H2. The lowest BCUT2D eigenvalue weighted by Gasteiger charge is -2.36. The zero-order valence-corrected chi connectivity index (χ0v) is 8.40. The molecule has 0 aliphatic carbocycles. The summed E-state index contributed by atoms with van der Waals surface area (Å²) in [7, 11) is 0. The van der Waals surface area contributed by atoms with Gasteiger partial charge >= 0.3 is 0 Å². The Hall–Kier alpha value is -1.13. The van der Waals surface area contributed by atoms with Gasteiger partial charge in [0.1, 0.15) is 5.82 Å². The Bertz CT molecular complexity index is 315. The molecular weight excluding hydrogens is 197 g/mol. The van der Waals surface area contributed by atoms with Gasteiger partial charge in [0.25, 0.3) is 0 Å². The summed E-state index contributed by atoms with van der Waals surface area (Å²) in [6.07, 6.45) is 0. The fourth-order valence-corrected chi connectivity index (χ4v) is 1.78. The molecule has 1 aromatic rings. The molecule has 0 amide bonds. The molecule has 0 bridgehead atoms. The summed E-state index contributed by atoms with van der Waals surface area (Å²) in [4.78, 5) is 2.04. The zero-order chi connectivity index (χ0) is 10.7. The molecule has 1 fully saturated rings. The summed E-state index contributed by atoms with van der Waals surface area (Å²) in [6.45, 7) is 1.95. The van der Waals surface area contributed by atoms with Crippen LogP contribution in [0.25, 0.3) is 0 Å². The Morgan fingerprint density at radius 2 is 2.13 bits per heavy atom. The van der Waals surface area contributed by atoms with Gasteiger partial charge in [-0.1, -0.05) is 0 Å². The van der Waals surface area contributed by atoms with Gasteiger partial charge in [0, 0.05) is 12.2 Å². The van der Waals surface area contributed by atoms with Crippen molar-refractivity contribution < 1.29 is 14.2 Å². The summed E-state index contributed by atoms with van der Waals surface area (Å²) in [5.41, 5.74) is 0.929. The summed E-state index contributed by atoms with van der Waals surface area (Å²) in [5, 5.41) is 9.18. The van der Waals surface area contributed by atoms with Gasteiger partial charge in [-0.25, -0.2) is 4.39 Å². The molecule has 0 radical (unpaired) electrons. The number of hydrogen-bond donors (Lipinski definition) is 1. The minimum Gasteiger partial charge on any atom is -0.394 e. The lowest BCUT2D eigenvalue weighted by atomic mass is 10.2. The zero-order valence-electron chi connectivity index (χ0n) is 8.40. The Labute approximate surface area is 88.1 Å². The van der Waals surface area contributed by atoms with Crippen LogP contribution in [0.1, 0.15) is 0 Å². The maximum absolute atomic E-state index is 12.7. The van der Waals surface area contributed by atoms with Crippen molar-refractivity contribution >= 4 is 5.69 Å². The van der Waals surface area contributed by atoms with E-state index in [2.05, 4.69) is 0 Å². The number of aliphatic hydroxyl groups excluding tert-OH is 1. The molecule has 1 aromatic carbocycles. The smallest absolute Gasteiger partial charge is 0.123 e. The van der Waals surface area contributed by atoms with Gasteiger partial charge < -0.3 is 14.7 Å². The Morgan fingerprint density at radius 1 is 1.40 bits per heavy atom. The van der Waals surface area contributed by atoms with Crippen LogP contribution < -0.4 is 4.90 Å². The van der Waals surface area contributed by atoms with Crippen molar-refractivity contribution in [3.05, 3.63) is 30.1 Å². The molecule has 1 N–H and O–H groups in total. The van der Waals surface area contributed by atoms with Crippen LogP contribution in [0.4, 0.5) is 10.1 Å². The van der Waals surface area contributed by atoms with E-state index in [1.165, 1.54) is 12.1 Å². The topological polar surface area (TPSA) is 32.7 Å². The van der Waals surface area contributed by atoms with E-state index in [0.29, 0.717) is 13.2 Å². The predicted octanol–water partition coefficient (Wildman–Crippen LogP) is 1.02. The molecule has 0 saturated carbocycles. The summed E-state index contributed by atoms with van der Waals surface area (Å²) >= 11 is 0. The van der Waals surface area contributed by atoms with Gasteiger partial charge in [-0.2, -0.15) is 0 Å². The highest BCUT2D eigenvalue weighted by Crippen LogP contribution is 2.19. The molecule has 1 heterocycles. The second kappa shape index (κ2) is 4.59. The first kappa shape index (κ1) is 10.4. The number of ether oxygens (including phenoxy) is 1. The van der Waals surface area contributed by atoms with Crippen LogP contribution in [0.2, 0.25) is 0 Å². The van der Waals surface area contributed by atoms with Crippen LogP contribution in [-0.2, 0) is 4.74 Å². The Kier molecular flexibility index (Phi) is 3.18. The van der Waals surface area contributed by atoms with Crippen LogP contribution in [0.15, 0.2) is 24.3 Å². The Balaban J connectivity index is 2.16. The largest absolute Gasteiger partial charge is 0.394 e. The van der Waals surface area contributed by atoms with Crippen LogP contribution >= 0.6 is 0 Å². The second-order valence-corrected chi connectivity index (χ2v) is 3.58. The average molecular weight is 211 g/mol.